The van der Waals surface area contributed by atoms with E-state index in [-0.39, 0.29) is 29.4 Å². The molecule has 0 aliphatic rings. The lowest BCUT2D eigenvalue weighted by molar-refractivity contribution is 0.0519. The van der Waals surface area contributed by atoms with Gasteiger partial charge in [-0.15, -0.1) is 0 Å². The van der Waals surface area contributed by atoms with Gasteiger partial charge in [0.1, 0.15) is 6.26 Å². The van der Waals surface area contributed by atoms with Gasteiger partial charge in [-0.05, 0) is 20.8 Å². The van der Waals surface area contributed by atoms with Crippen molar-refractivity contribution >= 4 is 22.0 Å². The zero-order valence-corrected chi connectivity index (χ0v) is 14.1. The summed E-state index contributed by atoms with van der Waals surface area (Å²) in [5.41, 5.74) is -0.100. The molecule has 0 spiro atoms. The molecule has 0 atom stereocenters. The van der Waals surface area contributed by atoms with E-state index in [2.05, 4.69) is 9.97 Å². The summed E-state index contributed by atoms with van der Waals surface area (Å²) in [5, 5.41) is -0.135. The van der Waals surface area contributed by atoms with Gasteiger partial charge in [0.2, 0.25) is 0 Å². The minimum atomic E-state index is -3.94. The number of carbonyl (C=O) groups excluding carboxylic acids is 1. The number of sulfonamides is 1. The Morgan fingerprint density at radius 2 is 2.17 bits per heavy atom. The molecule has 0 saturated heterocycles. The highest BCUT2D eigenvalue weighted by molar-refractivity contribution is 7.92. The molecule has 0 saturated carbocycles. The van der Waals surface area contributed by atoms with Gasteiger partial charge in [-0.3, -0.25) is 0 Å². The van der Waals surface area contributed by atoms with Crippen LogP contribution in [-0.4, -0.2) is 42.6 Å². The van der Waals surface area contributed by atoms with E-state index in [1.165, 1.54) is 19.6 Å². The van der Waals surface area contributed by atoms with Gasteiger partial charge >= 0.3 is 12.0 Å². The Kier molecular flexibility index (Phi) is 4.73. The molecule has 0 aliphatic heterocycles. The Hall–Kier alpha value is -2.36. The third-order valence-corrected chi connectivity index (χ3v) is 4.66. The first kappa shape index (κ1) is 17.0. The average Bonchev–Trinajstić information content (AvgIpc) is 3.16. The van der Waals surface area contributed by atoms with Crippen LogP contribution >= 0.6 is 0 Å². The predicted molar refractivity (Wildman–Crippen MR) is 80.7 cm³/mol. The number of oxazole rings is 1. The van der Waals surface area contributed by atoms with Crippen molar-refractivity contribution in [3.8, 4) is 0 Å². The molecule has 0 aromatic carbocycles. The molecule has 2 heterocycles. The number of hydrogen-bond donors (Lipinski definition) is 0. The number of esters is 1. The molecule has 0 amide bonds. The van der Waals surface area contributed by atoms with Crippen molar-refractivity contribution in [1.82, 2.24) is 14.5 Å². The number of hydrogen-bond acceptors (Lipinski definition) is 7. The van der Waals surface area contributed by atoms with Crippen molar-refractivity contribution in [2.24, 2.45) is 0 Å². The molecule has 0 fully saturated rings. The van der Waals surface area contributed by atoms with E-state index in [0.717, 1.165) is 10.6 Å². The van der Waals surface area contributed by atoms with Crippen LogP contribution in [0.15, 0.2) is 28.2 Å². The van der Waals surface area contributed by atoms with E-state index in [4.69, 9.17) is 9.15 Å². The van der Waals surface area contributed by atoms with E-state index < -0.39 is 16.0 Å². The van der Waals surface area contributed by atoms with Crippen molar-refractivity contribution in [2.75, 3.05) is 18.0 Å². The minimum absolute atomic E-state index is 0.0777. The first-order chi connectivity index (χ1) is 10.8. The summed E-state index contributed by atoms with van der Waals surface area (Å²) >= 11 is 0. The SMILES string of the molecule is CCOC(=O)c1coc(N(C)S(=O)(=O)c2cn(C(C)C)cn2)n1. The van der Waals surface area contributed by atoms with Crippen LogP contribution in [0.1, 0.15) is 37.3 Å². The van der Waals surface area contributed by atoms with E-state index in [0.29, 0.717) is 0 Å². The Bertz CT molecular complexity index is 793. The maximum Gasteiger partial charge on any atom is 0.360 e. The molecule has 23 heavy (non-hydrogen) atoms. The fourth-order valence-electron chi connectivity index (χ4n) is 1.68. The normalized spacial score (nSPS) is 11.7. The molecule has 0 unspecified atom stereocenters. The van der Waals surface area contributed by atoms with Gasteiger partial charge < -0.3 is 13.7 Å². The summed E-state index contributed by atoms with van der Waals surface area (Å²) in [6.07, 6.45) is 3.91. The topological polar surface area (TPSA) is 108 Å². The fraction of sp³-hybridized carbons (Fsp3) is 0.462. The lowest BCUT2D eigenvalue weighted by Gasteiger charge is -2.13. The van der Waals surface area contributed by atoms with Gasteiger partial charge in [0.05, 0.1) is 12.9 Å². The van der Waals surface area contributed by atoms with Crippen LogP contribution in [0.25, 0.3) is 0 Å². The second-order valence-corrected chi connectivity index (χ2v) is 6.88. The van der Waals surface area contributed by atoms with Crippen molar-refractivity contribution in [1.29, 1.82) is 0 Å². The first-order valence-electron chi connectivity index (χ1n) is 6.92. The Morgan fingerprint density at radius 1 is 1.48 bits per heavy atom. The van der Waals surface area contributed by atoms with Gasteiger partial charge in [0, 0.05) is 19.3 Å². The highest BCUT2D eigenvalue weighted by atomic mass is 32.2. The van der Waals surface area contributed by atoms with E-state index in [1.807, 2.05) is 13.8 Å². The molecule has 0 radical (unpaired) electrons. The van der Waals surface area contributed by atoms with Gasteiger partial charge in [-0.1, -0.05) is 0 Å². The zero-order valence-electron chi connectivity index (χ0n) is 13.3. The molecule has 2 aromatic heterocycles. The van der Waals surface area contributed by atoms with E-state index >= 15 is 0 Å². The molecule has 2 rings (SSSR count). The summed E-state index contributed by atoms with van der Waals surface area (Å²) in [7, 11) is -2.67. The van der Waals surface area contributed by atoms with Crippen LogP contribution < -0.4 is 4.31 Å². The van der Waals surface area contributed by atoms with Gasteiger partial charge in [-0.25, -0.2) is 14.1 Å². The van der Waals surface area contributed by atoms with Crippen LogP contribution in [0.5, 0.6) is 0 Å². The predicted octanol–water partition coefficient (Wildman–Crippen LogP) is 1.45. The van der Waals surface area contributed by atoms with Crippen LogP contribution in [0.2, 0.25) is 0 Å². The first-order valence-corrected chi connectivity index (χ1v) is 8.36. The monoisotopic (exact) mass is 342 g/mol. The third-order valence-electron chi connectivity index (χ3n) is 3.04. The standard InChI is InChI=1S/C13H18N4O5S/c1-5-21-12(18)10-7-22-13(15-10)16(4)23(19,20)11-6-17(8-14-11)9(2)3/h6-9H,5H2,1-4H3. The Labute approximate surface area is 133 Å². The number of carbonyl (C=O) groups is 1. The molecule has 0 aliphatic carbocycles. The molecular weight excluding hydrogens is 324 g/mol. The average molecular weight is 342 g/mol. The molecule has 2 aromatic rings. The lowest BCUT2D eigenvalue weighted by atomic mass is 10.4. The fourth-order valence-corrected chi connectivity index (χ4v) is 2.69. The summed E-state index contributed by atoms with van der Waals surface area (Å²) in [6.45, 7) is 5.64. The molecule has 10 heteroatoms. The number of ether oxygens (including phenoxy) is 1. The second-order valence-electron chi connectivity index (χ2n) is 4.96. The third kappa shape index (κ3) is 3.36. The Morgan fingerprint density at radius 3 is 2.74 bits per heavy atom. The summed E-state index contributed by atoms with van der Waals surface area (Å²) in [6, 6.07) is -0.166. The zero-order chi connectivity index (χ0) is 17.2. The van der Waals surface area contributed by atoms with Gasteiger partial charge in [0.15, 0.2) is 10.7 Å². The second kappa shape index (κ2) is 6.41. The summed E-state index contributed by atoms with van der Waals surface area (Å²) in [4.78, 5) is 19.3. The highest BCUT2D eigenvalue weighted by Gasteiger charge is 2.28. The highest BCUT2D eigenvalue weighted by Crippen LogP contribution is 2.21. The summed E-state index contributed by atoms with van der Waals surface area (Å²) in [5.74, 6) is -0.683. The van der Waals surface area contributed by atoms with Crippen molar-refractivity contribution in [2.45, 2.75) is 31.8 Å². The number of nitrogens with zero attached hydrogens (tertiary/aromatic N) is 4. The largest absolute Gasteiger partial charge is 0.461 e. The van der Waals surface area contributed by atoms with Crippen LogP contribution in [0, 0.1) is 0 Å². The summed E-state index contributed by atoms with van der Waals surface area (Å²) < 4.78 is 37.3. The minimum Gasteiger partial charge on any atom is -0.461 e. The lowest BCUT2D eigenvalue weighted by Crippen LogP contribution is -2.27. The molecule has 0 bridgehead atoms. The van der Waals surface area contributed by atoms with E-state index in [1.54, 1.807) is 11.5 Å². The van der Waals surface area contributed by atoms with Crippen molar-refractivity contribution in [3.05, 3.63) is 24.5 Å². The number of aromatic nitrogens is 3. The smallest absolute Gasteiger partial charge is 0.360 e. The molecule has 9 nitrogen and oxygen atoms in total. The quantitative estimate of drug-likeness (QED) is 0.731. The van der Waals surface area contributed by atoms with Crippen molar-refractivity contribution < 1.29 is 22.4 Å². The molecule has 126 valence electrons. The Balaban J connectivity index is 2.27. The maximum atomic E-state index is 12.5. The van der Waals surface area contributed by atoms with Crippen LogP contribution in [-0.2, 0) is 14.8 Å². The van der Waals surface area contributed by atoms with Gasteiger partial charge in [0.25, 0.3) is 10.0 Å². The number of rotatable bonds is 6. The maximum absolute atomic E-state index is 12.5. The van der Waals surface area contributed by atoms with Gasteiger partial charge in [-0.2, -0.15) is 13.4 Å². The number of anilines is 1. The molecule has 0 N–H and O–H groups in total. The number of imidazole rings is 1. The van der Waals surface area contributed by atoms with E-state index in [9.17, 15) is 13.2 Å². The van der Waals surface area contributed by atoms with Crippen LogP contribution in [0.4, 0.5) is 6.01 Å². The van der Waals surface area contributed by atoms with Crippen LogP contribution in [0.3, 0.4) is 0 Å². The van der Waals surface area contributed by atoms with Crippen molar-refractivity contribution in [3.63, 3.8) is 0 Å². The molecular formula is C13H18N4O5S.